The molecule has 1 amide bonds. The van der Waals surface area contributed by atoms with E-state index in [1.165, 1.54) is 6.42 Å². The number of piperidine rings is 1. The summed E-state index contributed by atoms with van der Waals surface area (Å²) in [4.78, 5) is 34.9. The van der Waals surface area contributed by atoms with E-state index in [0.717, 1.165) is 48.4 Å². The first-order valence-corrected chi connectivity index (χ1v) is 12.3. The van der Waals surface area contributed by atoms with E-state index >= 15 is 0 Å². The van der Waals surface area contributed by atoms with E-state index in [9.17, 15) is 14.9 Å². The van der Waals surface area contributed by atoms with E-state index in [0.29, 0.717) is 23.2 Å². The second kappa shape index (κ2) is 10.4. The Balaban J connectivity index is 1.79. The van der Waals surface area contributed by atoms with Crippen LogP contribution in [-0.2, 0) is 11.2 Å². The fourth-order valence-corrected chi connectivity index (χ4v) is 4.76. The standard InChI is InChI=1S/C28H33N5O2/c1-19(2)31(4)26(35)15-22-14-24-28(30-17-22)27(25(34)18-32-12-6-5-7-13-32)20(3)33(24)23-10-8-21(16-29)9-11-23/h8-11,14,17,19H,5-7,12-13,15,18H2,1-4H3. The van der Waals surface area contributed by atoms with Crippen LogP contribution in [0.5, 0.6) is 0 Å². The molecule has 0 bridgehead atoms. The Morgan fingerprint density at radius 3 is 2.46 bits per heavy atom. The summed E-state index contributed by atoms with van der Waals surface area (Å²) >= 11 is 0. The molecule has 1 fully saturated rings. The summed E-state index contributed by atoms with van der Waals surface area (Å²) in [7, 11) is 1.81. The van der Waals surface area contributed by atoms with Gasteiger partial charge in [-0.25, -0.2) is 0 Å². The summed E-state index contributed by atoms with van der Waals surface area (Å²) in [6.07, 6.45) is 5.43. The summed E-state index contributed by atoms with van der Waals surface area (Å²) in [5.41, 5.74) is 5.14. The highest BCUT2D eigenvalue weighted by molar-refractivity contribution is 6.09. The van der Waals surface area contributed by atoms with Crippen molar-refractivity contribution in [3.05, 3.63) is 58.9 Å². The SMILES string of the molecule is Cc1c(C(=O)CN2CCCCC2)c2ncc(CC(=O)N(C)C(C)C)cc2n1-c1ccc(C#N)cc1. The van der Waals surface area contributed by atoms with Crippen molar-refractivity contribution in [2.24, 2.45) is 0 Å². The van der Waals surface area contributed by atoms with Crippen molar-refractivity contribution in [2.75, 3.05) is 26.7 Å². The third kappa shape index (κ3) is 5.13. The van der Waals surface area contributed by atoms with Gasteiger partial charge in [0, 0.05) is 30.7 Å². The van der Waals surface area contributed by atoms with Gasteiger partial charge in [-0.1, -0.05) is 6.42 Å². The molecule has 7 heteroatoms. The number of hydrogen-bond donors (Lipinski definition) is 0. The Kier molecular flexibility index (Phi) is 7.32. The number of Topliss-reactive ketones (excluding diaryl/α,β-unsaturated/α-hetero) is 1. The Labute approximate surface area is 207 Å². The van der Waals surface area contributed by atoms with Crippen molar-refractivity contribution in [3.8, 4) is 11.8 Å². The maximum atomic E-state index is 13.5. The molecule has 1 aliphatic heterocycles. The van der Waals surface area contributed by atoms with Gasteiger partial charge in [-0.15, -0.1) is 0 Å². The summed E-state index contributed by atoms with van der Waals surface area (Å²) in [6.45, 7) is 8.19. The van der Waals surface area contributed by atoms with Gasteiger partial charge in [0.1, 0.15) is 0 Å². The predicted molar refractivity (Wildman–Crippen MR) is 137 cm³/mol. The molecule has 3 heterocycles. The zero-order valence-electron chi connectivity index (χ0n) is 21.0. The van der Waals surface area contributed by atoms with Crippen LogP contribution in [0.2, 0.25) is 0 Å². The van der Waals surface area contributed by atoms with Crippen LogP contribution >= 0.6 is 0 Å². The van der Waals surface area contributed by atoms with Gasteiger partial charge < -0.3 is 9.47 Å². The highest BCUT2D eigenvalue weighted by atomic mass is 16.2. The molecule has 2 aromatic heterocycles. The molecule has 0 saturated carbocycles. The number of fused-ring (bicyclic) bond motifs is 1. The Morgan fingerprint density at radius 1 is 1.14 bits per heavy atom. The summed E-state index contributed by atoms with van der Waals surface area (Å²) in [5, 5.41) is 9.21. The van der Waals surface area contributed by atoms with E-state index in [1.807, 2.05) is 43.5 Å². The van der Waals surface area contributed by atoms with Gasteiger partial charge in [-0.3, -0.25) is 19.5 Å². The molecule has 7 nitrogen and oxygen atoms in total. The first-order valence-electron chi connectivity index (χ1n) is 12.3. The minimum absolute atomic E-state index is 0.0238. The number of benzene rings is 1. The number of hydrogen-bond acceptors (Lipinski definition) is 5. The van der Waals surface area contributed by atoms with Crippen molar-refractivity contribution in [2.45, 2.75) is 52.5 Å². The van der Waals surface area contributed by atoms with Crippen molar-refractivity contribution in [1.29, 1.82) is 5.26 Å². The predicted octanol–water partition coefficient (Wildman–Crippen LogP) is 4.28. The number of likely N-dealkylation sites (tertiary alicyclic amines) is 1. The summed E-state index contributed by atoms with van der Waals surface area (Å²) in [5.74, 6) is 0.0911. The molecule has 1 saturated heterocycles. The lowest BCUT2D eigenvalue weighted by Gasteiger charge is -2.25. The van der Waals surface area contributed by atoms with Crippen molar-refractivity contribution < 1.29 is 9.59 Å². The van der Waals surface area contributed by atoms with Gasteiger partial charge in [0.15, 0.2) is 5.78 Å². The molecule has 35 heavy (non-hydrogen) atoms. The zero-order chi connectivity index (χ0) is 25.1. The molecular weight excluding hydrogens is 438 g/mol. The lowest BCUT2D eigenvalue weighted by molar-refractivity contribution is -0.130. The molecule has 4 rings (SSSR count). The first kappa shape index (κ1) is 24.6. The largest absolute Gasteiger partial charge is 0.343 e. The fourth-order valence-electron chi connectivity index (χ4n) is 4.76. The average molecular weight is 472 g/mol. The van der Waals surface area contributed by atoms with E-state index in [4.69, 9.17) is 4.98 Å². The minimum atomic E-state index is 0.0238. The van der Waals surface area contributed by atoms with Crippen molar-refractivity contribution in [3.63, 3.8) is 0 Å². The molecule has 182 valence electrons. The van der Waals surface area contributed by atoms with Gasteiger partial charge in [0.05, 0.1) is 41.2 Å². The maximum Gasteiger partial charge on any atom is 0.227 e. The van der Waals surface area contributed by atoms with Gasteiger partial charge in [-0.2, -0.15) is 5.26 Å². The minimum Gasteiger partial charge on any atom is -0.343 e. The Bertz CT molecular complexity index is 1280. The number of rotatable bonds is 7. The number of nitrogens with zero attached hydrogens (tertiary/aromatic N) is 5. The molecule has 1 aliphatic rings. The molecule has 0 N–H and O–H groups in total. The fraction of sp³-hybridized carbons (Fsp3) is 0.429. The van der Waals surface area contributed by atoms with Gasteiger partial charge in [0.2, 0.25) is 5.91 Å². The number of carbonyl (C=O) groups excluding carboxylic acids is 2. The maximum absolute atomic E-state index is 13.5. The molecule has 0 radical (unpaired) electrons. The number of pyridine rings is 1. The van der Waals surface area contributed by atoms with Crippen LogP contribution in [0.3, 0.4) is 0 Å². The first-order chi connectivity index (χ1) is 16.8. The number of ketones is 1. The third-order valence-corrected chi connectivity index (χ3v) is 6.97. The number of aromatic nitrogens is 2. The Morgan fingerprint density at radius 2 is 1.83 bits per heavy atom. The number of carbonyl (C=O) groups is 2. The van der Waals surface area contributed by atoms with Crippen LogP contribution in [0.15, 0.2) is 36.5 Å². The third-order valence-electron chi connectivity index (χ3n) is 6.97. The van der Waals surface area contributed by atoms with E-state index in [1.54, 1.807) is 30.3 Å². The number of nitriles is 1. The second-order valence-corrected chi connectivity index (χ2v) is 9.70. The van der Waals surface area contributed by atoms with Crippen LogP contribution in [0.25, 0.3) is 16.7 Å². The normalized spacial score (nSPS) is 14.3. The second-order valence-electron chi connectivity index (χ2n) is 9.70. The van der Waals surface area contributed by atoms with Crippen molar-refractivity contribution in [1.82, 2.24) is 19.4 Å². The molecule has 0 atom stereocenters. The van der Waals surface area contributed by atoms with Gasteiger partial charge in [-0.05, 0) is 82.6 Å². The van der Waals surface area contributed by atoms with Crippen LogP contribution in [0.4, 0.5) is 0 Å². The molecule has 3 aromatic rings. The zero-order valence-corrected chi connectivity index (χ0v) is 21.0. The van der Waals surface area contributed by atoms with Crippen LogP contribution in [0, 0.1) is 18.3 Å². The number of likely N-dealkylation sites (N-methyl/N-ethyl adjacent to an activating group) is 1. The van der Waals surface area contributed by atoms with Gasteiger partial charge >= 0.3 is 0 Å². The summed E-state index contributed by atoms with van der Waals surface area (Å²) < 4.78 is 2.02. The molecule has 0 aliphatic carbocycles. The molecule has 0 unspecified atom stereocenters. The molecule has 1 aromatic carbocycles. The molecule has 0 spiro atoms. The topological polar surface area (TPSA) is 82.2 Å². The lowest BCUT2D eigenvalue weighted by Crippen LogP contribution is -2.34. The quantitative estimate of drug-likeness (QED) is 0.480. The van der Waals surface area contributed by atoms with E-state index in [-0.39, 0.29) is 24.2 Å². The van der Waals surface area contributed by atoms with Crippen molar-refractivity contribution >= 4 is 22.7 Å². The van der Waals surface area contributed by atoms with E-state index in [2.05, 4.69) is 11.0 Å². The summed E-state index contributed by atoms with van der Waals surface area (Å²) in [6, 6.07) is 11.5. The average Bonchev–Trinajstić information content (AvgIpc) is 3.15. The lowest BCUT2D eigenvalue weighted by atomic mass is 10.1. The monoisotopic (exact) mass is 471 g/mol. The van der Waals surface area contributed by atoms with Crippen LogP contribution in [-0.4, -0.2) is 63.8 Å². The Hall–Kier alpha value is -3.50. The highest BCUT2D eigenvalue weighted by Crippen LogP contribution is 2.30. The van der Waals surface area contributed by atoms with Crippen LogP contribution < -0.4 is 0 Å². The highest BCUT2D eigenvalue weighted by Gasteiger charge is 2.25. The smallest absolute Gasteiger partial charge is 0.227 e. The van der Waals surface area contributed by atoms with E-state index < -0.39 is 0 Å². The number of amides is 1. The van der Waals surface area contributed by atoms with Gasteiger partial charge in [0.25, 0.3) is 0 Å². The van der Waals surface area contributed by atoms with Crippen LogP contribution in [0.1, 0.15) is 60.3 Å². The molecular formula is C28H33N5O2.